The molecule has 3 nitrogen and oxygen atoms in total. The fourth-order valence-corrected chi connectivity index (χ4v) is 2.62. The average Bonchev–Trinajstić information content (AvgIpc) is 2.16. The number of benzene rings is 1. The number of anilines is 1. The van der Waals surface area contributed by atoms with Gasteiger partial charge in [0, 0.05) is 18.5 Å². The molecule has 0 heterocycles. The van der Waals surface area contributed by atoms with Crippen LogP contribution in [0.1, 0.15) is 24.8 Å². The van der Waals surface area contributed by atoms with Crippen LogP contribution in [0.25, 0.3) is 0 Å². The molecule has 94 valence electrons. The summed E-state index contributed by atoms with van der Waals surface area (Å²) in [5, 5.41) is 3.36. The van der Waals surface area contributed by atoms with Gasteiger partial charge in [-0.3, -0.25) is 0 Å². The van der Waals surface area contributed by atoms with Crippen molar-refractivity contribution in [2.24, 2.45) is 5.92 Å². The van der Waals surface area contributed by atoms with Crippen LogP contribution in [-0.4, -0.2) is 21.2 Å². The number of hydrogen-bond donors (Lipinski definition) is 1. The molecular formula is C13H19NO2S. The summed E-state index contributed by atoms with van der Waals surface area (Å²) in [4.78, 5) is 0.388. The minimum Gasteiger partial charge on any atom is -0.385 e. The molecule has 1 aromatic rings. The van der Waals surface area contributed by atoms with Crippen LogP contribution < -0.4 is 5.32 Å². The van der Waals surface area contributed by atoms with Crippen LogP contribution in [0.2, 0.25) is 0 Å². The Morgan fingerprint density at radius 2 is 2.06 bits per heavy atom. The van der Waals surface area contributed by atoms with E-state index in [0.717, 1.165) is 23.7 Å². The highest BCUT2D eigenvalue weighted by molar-refractivity contribution is 7.90. The summed E-state index contributed by atoms with van der Waals surface area (Å²) in [5.41, 5.74) is 2.04. The molecule has 0 atom stereocenters. The molecule has 0 saturated heterocycles. The van der Waals surface area contributed by atoms with Gasteiger partial charge < -0.3 is 5.32 Å². The fraction of sp³-hybridized carbons (Fsp3) is 0.538. The van der Waals surface area contributed by atoms with Crippen molar-refractivity contribution in [1.82, 2.24) is 0 Å². The maximum Gasteiger partial charge on any atom is 0.175 e. The van der Waals surface area contributed by atoms with E-state index in [1.807, 2.05) is 13.0 Å². The highest BCUT2D eigenvalue weighted by Gasteiger charge is 2.17. The van der Waals surface area contributed by atoms with Gasteiger partial charge in [0.05, 0.1) is 4.90 Å². The first kappa shape index (κ1) is 12.4. The first-order valence-electron chi connectivity index (χ1n) is 6.01. The lowest BCUT2D eigenvalue weighted by molar-refractivity contribution is 0.333. The maximum absolute atomic E-state index is 11.5. The van der Waals surface area contributed by atoms with Crippen molar-refractivity contribution < 1.29 is 8.42 Å². The fourth-order valence-electron chi connectivity index (χ4n) is 1.97. The first-order valence-corrected chi connectivity index (χ1v) is 7.90. The minimum absolute atomic E-state index is 0.388. The monoisotopic (exact) mass is 253 g/mol. The Bertz CT molecular complexity index is 504. The summed E-state index contributed by atoms with van der Waals surface area (Å²) < 4.78 is 22.9. The lowest BCUT2D eigenvalue weighted by Crippen LogP contribution is -2.21. The average molecular weight is 253 g/mol. The van der Waals surface area contributed by atoms with Crippen LogP contribution in [0, 0.1) is 12.8 Å². The Morgan fingerprint density at radius 3 is 2.59 bits per heavy atom. The Morgan fingerprint density at radius 1 is 1.35 bits per heavy atom. The molecule has 0 spiro atoms. The lowest BCUT2D eigenvalue weighted by atomic mass is 9.85. The SMILES string of the molecule is Cc1ccc(S(C)(=O)=O)cc1NCC1CCC1. The molecule has 0 bridgehead atoms. The van der Waals surface area contributed by atoms with Gasteiger partial charge in [0.25, 0.3) is 0 Å². The van der Waals surface area contributed by atoms with Gasteiger partial charge in [-0.1, -0.05) is 12.5 Å². The van der Waals surface area contributed by atoms with Crippen LogP contribution in [0.4, 0.5) is 5.69 Å². The second kappa shape index (κ2) is 4.69. The van der Waals surface area contributed by atoms with Crippen molar-refractivity contribution in [3.8, 4) is 0 Å². The molecule has 1 aliphatic carbocycles. The highest BCUT2D eigenvalue weighted by atomic mass is 32.2. The lowest BCUT2D eigenvalue weighted by Gasteiger charge is -2.26. The minimum atomic E-state index is -3.11. The van der Waals surface area contributed by atoms with Gasteiger partial charge in [-0.25, -0.2) is 8.42 Å². The maximum atomic E-state index is 11.5. The Labute approximate surface area is 103 Å². The van der Waals surface area contributed by atoms with Crippen molar-refractivity contribution in [1.29, 1.82) is 0 Å². The third-order valence-electron chi connectivity index (χ3n) is 3.44. The summed E-state index contributed by atoms with van der Waals surface area (Å²) in [6, 6.07) is 5.27. The van der Waals surface area contributed by atoms with E-state index in [4.69, 9.17) is 0 Å². The zero-order valence-electron chi connectivity index (χ0n) is 10.4. The van der Waals surface area contributed by atoms with E-state index in [9.17, 15) is 8.42 Å². The first-order chi connectivity index (χ1) is 7.97. The summed E-state index contributed by atoms with van der Waals surface area (Å²) in [7, 11) is -3.11. The third-order valence-corrected chi connectivity index (χ3v) is 4.55. The van der Waals surface area contributed by atoms with Crippen molar-refractivity contribution in [3.63, 3.8) is 0 Å². The molecular weight excluding hydrogens is 234 g/mol. The molecule has 1 fully saturated rings. The smallest absolute Gasteiger partial charge is 0.175 e. The third kappa shape index (κ3) is 3.00. The Kier molecular flexibility index (Phi) is 3.43. The largest absolute Gasteiger partial charge is 0.385 e. The number of rotatable bonds is 4. The van der Waals surface area contributed by atoms with E-state index in [1.54, 1.807) is 12.1 Å². The molecule has 1 aromatic carbocycles. The molecule has 1 N–H and O–H groups in total. The van der Waals surface area contributed by atoms with Crippen LogP contribution >= 0.6 is 0 Å². The van der Waals surface area contributed by atoms with Gasteiger partial charge in [-0.15, -0.1) is 0 Å². The van der Waals surface area contributed by atoms with Crippen molar-refractivity contribution in [3.05, 3.63) is 23.8 Å². The molecule has 4 heteroatoms. The highest BCUT2D eigenvalue weighted by Crippen LogP contribution is 2.27. The molecule has 0 aliphatic heterocycles. The number of hydrogen-bond acceptors (Lipinski definition) is 3. The normalized spacial score (nSPS) is 16.6. The van der Waals surface area contributed by atoms with E-state index in [-0.39, 0.29) is 0 Å². The van der Waals surface area contributed by atoms with Gasteiger partial charge >= 0.3 is 0 Å². The van der Waals surface area contributed by atoms with E-state index < -0.39 is 9.84 Å². The molecule has 0 amide bonds. The van der Waals surface area contributed by atoms with E-state index in [2.05, 4.69) is 5.32 Å². The van der Waals surface area contributed by atoms with Crippen molar-refractivity contribution in [2.45, 2.75) is 31.1 Å². The van der Waals surface area contributed by atoms with Gasteiger partial charge in [-0.2, -0.15) is 0 Å². The van der Waals surface area contributed by atoms with Gasteiger partial charge in [0.2, 0.25) is 0 Å². The zero-order valence-corrected chi connectivity index (χ0v) is 11.2. The number of sulfone groups is 1. The second-order valence-electron chi connectivity index (χ2n) is 4.93. The molecule has 1 saturated carbocycles. The Hall–Kier alpha value is -1.03. The van der Waals surface area contributed by atoms with Crippen LogP contribution in [0.5, 0.6) is 0 Å². The molecule has 0 unspecified atom stereocenters. The molecule has 0 radical (unpaired) electrons. The van der Waals surface area contributed by atoms with E-state index >= 15 is 0 Å². The molecule has 2 rings (SSSR count). The van der Waals surface area contributed by atoms with Crippen molar-refractivity contribution >= 4 is 15.5 Å². The van der Waals surface area contributed by atoms with Gasteiger partial charge in [-0.05, 0) is 43.4 Å². The standard InChI is InChI=1S/C13H19NO2S/c1-10-6-7-12(17(2,15)16)8-13(10)14-9-11-4-3-5-11/h6-8,11,14H,3-5,9H2,1-2H3. The topological polar surface area (TPSA) is 46.2 Å². The molecule has 1 aliphatic rings. The summed E-state index contributed by atoms with van der Waals surface area (Å²) in [5.74, 6) is 0.760. The van der Waals surface area contributed by atoms with Gasteiger partial charge in [0.1, 0.15) is 0 Å². The zero-order chi connectivity index (χ0) is 12.5. The number of nitrogens with one attached hydrogen (secondary N) is 1. The van der Waals surface area contributed by atoms with Crippen LogP contribution in [0.15, 0.2) is 23.1 Å². The van der Waals surface area contributed by atoms with E-state index in [0.29, 0.717) is 4.90 Å². The predicted molar refractivity (Wildman–Crippen MR) is 70.1 cm³/mol. The van der Waals surface area contributed by atoms with Crippen LogP contribution in [0.3, 0.4) is 0 Å². The van der Waals surface area contributed by atoms with Crippen molar-refractivity contribution in [2.75, 3.05) is 18.1 Å². The van der Waals surface area contributed by atoms with Crippen LogP contribution in [-0.2, 0) is 9.84 Å². The summed E-state index contributed by atoms with van der Waals surface area (Å²) in [6.07, 6.45) is 5.15. The second-order valence-corrected chi connectivity index (χ2v) is 6.94. The van der Waals surface area contributed by atoms with Gasteiger partial charge in [0.15, 0.2) is 9.84 Å². The molecule has 17 heavy (non-hydrogen) atoms. The quantitative estimate of drug-likeness (QED) is 0.897. The summed E-state index contributed by atoms with van der Waals surface area (Å²) >= 11 is 0. The summed E-state index contributed by atoms with van der Waals surface area (Å²) in [6.45, 7) is 2.95. The van der Waals surface area contributed by atoms with E-state index in [1.165, 1.54) is 25.5 Å². The number of aryl methyl sites for hydroxylation is 1. The predicted octanol–water partition coefficient (Wildman–Crippen LogP) is 2.61. The molecule has 0 aromatic heterocycles. The Balaban J connectivity index is 2.14.